The van der Waals surface area contributed by atoms with Gasteiger partial charge in [0.25, 0.3) is 0 Å². The highest BCUT2D eigenvalue weighted by Crippen LogP contribution is 2.32. The standard InChI is InChI=1S/C12H12N2O2S/c1-14(2)12-13-9(10(17-12)11(15)16)8-6-4-3-5-7-8/h3-7H,1-2H3,(H,15,16). The van der Waals surface area contributed by atoms with Crippen molar-refractivity contribution in [2.45, 2.75) is 0 Å². The Hall–Kier alpha value is -1.88. The normalized spacial score (nSPS) is 10.2. The van der Waals surface area contributed by atoms with Gasteiger partial charge in [-0.05, 0) is 0 Å². The van der Waals surface area contributed by atoms with E-state index in [1.807, 2.05) is 49.3 Å². The van der Waals surface area contributed by atoms with Crippen molar-refractivity contribution in [2.75, 3.05) is 19.0 Å². The largest absolute Gasteiger partial charge is 0.477 e. The Morgan fingerprint density at radius 1 is 1.29 bits per heavy atom. The highest BCUT2D eigenvalue weighted by atomic mass is 32.1. The van der Waals surface area contributed by atoms with Gasteiger partial charge in [0.2, 0.25) is 0 Å². The molecule has 4 nitrogen and oxygen atoms in total. The van der Waals surface area contributed by atoms with Crippen LogP contribution in [0.4, 0.5) is 5.13 Å². The van der Waals surface area contributed by atoms with E-state index in [9.17, 15) is 9.90 Å². The predicted octanol–water partition coefficient (Wildman–Crippen LogP) is 2.57. The molecular formula is C12H12N2O2S. The quantitative estimate of drug-likeness (QED) is 0.907. The van der Waals surface area contributed by atoms with Crippen LogP contribution >= 0.6 is 11.3 Å². The molecule has 0 amide bonds. The lowest BCUT2D eigenvalue weighted by Crippen LogP contribution is -2.07. The fourth-order valence-corrected chi connectivity index (χ4v) is 2.29. The average molecular weight is 248 g/mol. The van der Waals surface area contributed by atoms with Crippen LogP contribution in [0.3, 0.4) is 0 Å². The number of hydrogen-bond acceptors (Lipinski definition) is 4. The van der Waals surface area contributed by atoms with Gasteiger partial charge in [-0.2, -0.15) is 0 Å². The van der Waals surface area contributed by atoms with Crippen LogP contribution in [0.1, 0.15) is 9.67 Å². The first-order valence-corrected chi connectivity index (χ1v) is 5.88. The lowest BCUT2D eigenvalue weighted by atomic mass is 10.1. The lowest BCUT2D eigenvalue weighted by molar-refractivity contribution is 0.0702. The van der Waals surface area contributed by atoms with Crippen molar-refractivity contribution in [3.63, 3.8) is 0 Å². The number of carbonyl (C=O) groups is 1. The van der Waals surface area contributed by atoms with Gasteiger partial charge in [-0.25, -0.2) is 9.78 Å². The number of rotatable bonds is 3. The van der Waals surface area contributed by atoms with Crippen LogP contribution in [0.2, 0.25) is 0 Å². The van der Waals surface area contributed by atoms with Gasteiger partial charge in [0.05, 0.1) is 5.69 Å². The van der Waals surface area contributed by atoms with Crippen LogP contribution in [-0.4, -0.2) is 30.2 Å². The predicted molar refractivity (Wildman–Crippen MR) is 68.8 cm³/mol. The number of aromatic nitrogens is 1. The molecule has 1 aromatic carbocycles. The minimum atomic E-state index is -0.936. The fraction of sp³-hybridized carbons (Fsp3) is 0.167. The Morgan fingerprint density at radius 3 is 2.47 bits per heavy atom. The first-order valence-electron chi connectivity index (χ1n) is 5.06. The van der Waals surface area contributed by atoms with E-state index >= 15 is 0 Å². The van der Waals surface area contributed by atoms with Crippen molar-refractivity contribution < 1.29 is 9.90 Å². The van der Waals surface area contributed by atoms with E-state index in [0.717, 1.165) is 5.56 Å². The summed E-state index contributed by atoms with van der Waals surface area (Å²) in [6.07, 6.45) is 0. The molecule has 0 unspecified atom stereocenters. The summed E-state index contributed by atoms with van der Waals surface area (Å²) in [7, 11) is 3.69. The van der Waals surface area contributed by atoms with Crippen molar-refractivity contribution in [1.29, 1.82) is 0 Å². The average Bonchev–Trinajstić information content (AvgIpc) is 2.75. The molecular weight excluding hydrogens is 236 g/mol. The van der Waals surface area contributed by atoms with Crippen LogP contribution in [0.5, 0.6) is 0 Å². The zero-order valence-electron chi connectivity index (χ0n) is 9.54. The molecule has 0 bridgehead atoms. The van der Waals surface area contributed by atoms with Gasteiger partial charge in [-0.3, -0.25) is 0 Å². The summed E-state index contributed by atoms with van der Waals surface area (Å²) < 4.78 is 0. The van der Waals surface area contributed by atoms with Gasteiger partial charge in [0.15, 0.2) is 5.13 Å². The molecule has 0 spiro atoms. The van der Waals surface area contributed by atoms with Crippen LogP contribution < -0.4 is 4.90 Å². The zero-order valence-corrected chi connectivity index (χ0v) is 10.4. The van der Waals surface area contributed by atoms with Gasteiger partial charge >= 0.3 is 5.97 Å². The summed E-state index contributed by atoms with van der Waals surface area (Å²) >= 11 is 1.19. The van der Waals surface area contributed by atoms with Crippen molar-refractivity contribution in [3.05, 3.63) is 35.2 Å². The SMILES string of the molecule is CN(C)c1nc(-c2ccccc2)c(C(=O)O)s1. The molecule has 0 radical (unpaired) electrons. The van der Waals surface area contributed by atoms with E-state index in [1.54, 1.807) is 0 Å². The number of carboxylic acids is 1. The minimum Gasteiger partial charge on any atom is -0.477 e. The third-order valence-electron chi connectivity index (χ3n) is 2.24. The van der Waals surface area contributed by atoms with Crippen LogP contribution in [0.25, 0.3) is 11.3 Å². The summed E-state index contributed by atoms with van der Waals surface area (Å²) in [5.41, 5.74) is 1.36. The molecule has 0 saturated carbocycles. The number of nitrogens with zero attached hydrogens (tertiary/aromatic N) is 2. The van der Waals surface area contributed by atoms with Gasteiger partial charge in [-0.15, -0.1) is 0 Å². The van der Waals surface area contributed by atoms with E-state index in [2.05, 4.69) is 4.98 Å². The van der Waals surface area contributed by atoms with Crippen molar-refractivity contribution >= 4 is 22.4 Å². The minimum absolute atomic E-state index is 0.278. The third-order valence-corrected chi connectivity index (χ3v) is 3.45. The molecule has 0 atom stereocenters. The second-order valence-electron chi connectivity index (χ2n) is 3.74. The Labute approximate surface area is 103 Å². The summed E-state index contributed by atoms with van der Waals surface area (Å²) in [5, 5.41) is 9.87. The van der Waals surface area contributed by atoms with E-state index in [4.69, 9.17) is 0 Å². The molecule has 1 N–H and O–H groups in total. The number of hydrogen-bond donors (Lipinski definition) is 1. The molecule has 2 rings (SSSR count). The molecule has 88 valence electrons. The van der Waals surface area contributed by atoms with Gasteiger partial charge in [-0.1, -0.05) is 41.7 Å². The molecule has 17 heavy (non-hydrogen) atoms. The number of anilines is 1. The Bertz CT molecular complexity index is 535. The van der Waals surface area contributed by atoms with E-state index in [1.165, 1.54) is 11.3 Å². The first-order chi connectivity index (χ1) is 8.09. The topological polar surface area (TPSA) is 53.4 Å². The van der Waals surface area contributed by atoms with Crippen molar-refractivity contribution in [3.8, 4) is 11.3 Å². The van der Waals surface area contributed by atoms with E-state index < -0.39 is 5.97 Å². The maximum Gasteiger partial charge on any atom is 0.348 e. The van der Waals surface area contributed by atoms with Crippen molar-refractivity contribution in [1.82, 2.24) is 4.98 Å². The molecule has 2 aromatic rings. The van der Waals surface area contributed by atoms with E-state index in [0.29, 0.717) is 10.8 Å². The van der Waals surface area contributed by atoms with Gasteiger partial charge in [0.1, 0.15) is 4.88 Å². The number of benzene rings is 1. The van der Waals surface area contributed by atoms with Crippen LogP contribution in [0, 0.1) is 0 Å². The molecule has 0 aliphatic rings. The summed E-state index contributed by atoms with van der Waals surface area (Å²) in [5.74, 6) is -0.936. The maximum atomic E-state index is 11.2. The van der Waals surface area contributed by atoms with Gasteiger partial charge in [0, 0.05) is 19.7 Å². The first kappa shape index (κ1) is 11.6. The Kier molecular flexibility index (Phi) is 3.10. The molecule has 0 aliphatic heterocycles. The highest BCUT2D eigenvalue weighted by Gasteiger charge is 2.19. The second-order valence-corrected chi connectivity index (χ2v) is 4.72. The monoisotopic (exact) mass is 248 g/mol. The molecule has 0 aliphatic carbocycles. The summed E-state index contributed by atoms with van der Waals surface area (Å²) in [6, 6.07) is 9.36. The van der Waals surface area contributed by atoms with Crippen molar-refractivity contribution in [2.24, 2.45) is 0 Å². The van der Waals surface area contributed by atoms with Crippen LogP contribution in [0.15, 0.2) is 30.3 Å². The summed E-state index contributed by atoms with van der Waals surface area (Å²) in [6.45, 7) is 0. The molecule has 1 heterocycles. The molecule has 5 heteroatoms. The molecule has 0 saturated heterocycles. The maximum absolute atomic E-state index is 11.2. The smallest absolute Gasteiger partial charge is 0.348 e. The molecule has 1 aromatic heterocycles. The fourth-order valence-electron chi connectivity index (χ4n) is 1.44. The highest BCUT2D eigenvalue weighted by molar-refractivity contribution is 7.17. The summed E-state index contributed by atoms with van der Waals surface area (Å²) in [4.78, 5) is 17.6. The molecule has 0 fully saturated rings. The van der Waals surface area contributed by atoms with Gasteiger partial charge < -0.3 is 10.0 Å². The third kappa shape index (κ3) is 2.29. The zero-order chi connectivity index (χ0) is 12.4. The number of aromatic carboxylic acids is 1. The second kappa shape index (κ2) is 4.55. The lowest BCUT2D eigenvalue weighted by Gasteiger charge is -2.05. The van der Waals surface area contributed by atoms with Crippen LogP contribution in [-0.2, 0) is 0 Å². The number of carboxylic acid groups (broad SMARTS) is 1. The Balaban J connectivity index is 2.56. The van der Waals surface area contributed by atoms with E-state index in [-0.39, 0.29) is 4.88 Å². The Morgan fingerprint density at radius 2 is 1.94 bits per heavy atom. The number of thiazole rings is 1.